The summed E-state index contributed by atoms with van der Waals surface area (Å²) in [5.74, 6) is -2.65. The van der Waals surface area contributed by atoms with E-state index in [2.05, 4.69) is 13.2 Å². The van der Waals surface area contributed by atoms with Gasteiger partial charge >= 0.3 is 5.97 Å². The fourth-order valence-electron chi connectivity index (χ4n) is 6.07. The molecule has 9 heteroatoms. The SMILES string of the molecule is C=CCOC(=O)C1=C(CN2Cc3cccc4cccc(c34)S2(=O)=O)C(C)C2C([C@@H](C)C(=O)CC=C)C(=O)N12. The molecule has 0 N–H and O–H groups in total. The fourth-order valence-corrected chi connectivity index (χ4v) is 7.72. The van der Waals surface area contributed by atoms with E-state index in [1.165, 1.54) is 21.4 Å². The first-order valence-corrected chi connectivity index (χ1v) is 14.1. The number of ketones is 1. The summed E-state index contributed by atoms with van der Waals surface area (Å²) in [5.41, 5.74) is 1.45. The van der Waals surface area contributed by atoms with Crippen LogP contribution in [0.1, 0.15) is 25.8 Å². The van der Waals surface area contributed by atoms with Crippen molar-refractivity contribution in [2.45, 2.75) is 37.8 Å². The van der Waals surface area contributed by atoms with Gasteiger partial charge in [-0.3, -0.25) is 9.59 Å². The summed E-state index contributed by atoms with van der Waals surface area (Å²) in [4.78, 5) is 40.8. The highest BCUT2D eigenvalue weighted by molar-refractivity contribution is 7.89. The van der Waals surface area contributed by atoms with Crippen molar-refractivity contribution >= 4 is 38.5 Å². The van der Waals surface area contributed by atoms with Gasteiger partial charge in [-0.1, -0.05) is 62.9 Å². The number of amides is 1. The molecule has 3 aliphatic heterocycles. The van der Waals surface area contributed by atoms with E-state index in [1.807, 2.05) is 31.2 Å². The molecule has 5 rings (SSSR count). The number of ether oxygens (including phenoxy) is 1. The maximum Gasteiger partial charge on any atom is 0.355 e. The number of fused-ring (bicyclic) bond motifs is 1. The highest BCUT2D eigenvalue weighted by Crippen LogP contribution is 2.50. The first-order valence-electron chi connectivity index (χ1n) is 12.6. The predicted molar refractivity (Wildman–Crippen MR) is 142 cm³/mol. The second kappa shape index (κ2) is 9.63. The molecular weight excluding hydrogens is 504 g/mol. The Hall–Kier alpha value is -3.56. The Morgan fingerprint density at radius 3 is 2.55 bits per heavy atom. The molecular formula is C29H30N2O6S. The fraction of sp³-hybridized carbons (Fsp3) is 0.345. The first-order chi connectivity index (χ1) is 18.1. The van der Waals surface area contributed by atoms with Crippen LogP contribution in [0.4, 0.5) is 0 Å². The summed E-state index contributed by atoms with van der Waals surface area (Å²) < 4.78 is 34.2. The van der Waals surface area contributed by atoms with Crippen molar-refractivity contribution in [3.05, 3.63) is 78.5 Å². The highest BCUT2D eigenvalue weighted by Gasteiger charge is 2.61. The number of carbonyl (C=O) groups excluding carboxylic acids is 3. The molecule has 38 heavy (non-hydrogen) atoms. The number of Topliss-reactive ketones (excluding diaryl/α,β-unsaturated/α-hetero) is 1. The number of sulfonamides is 1. The Bertz CT molecular complexity index is 1520. The maximum atomic E-state index is 13.7. The number of β-lactam (4-membered cyclic amide) rings is 1. The third-order valence-corrected chi connectivity index (χ3v) is 9.81. The largest absolute Gasteiger partial charge is 0.457 e. The number of nitrogens with zero attached hydrogens (tertiary/aromatic N) is 2. The van der Waals surface area contributed by atoms with Crippen molar-refractivity contribution in [3.63, 3.8) is 0 Å². The molecule has 2 aromatic carbocycles. The summed E-state index contributed by atoms with van der Waals surface area (Å²) in [6.07, 6.45) is 3.09. The normalized spacial score (nSPS) is 24.5. The summed E-state index contributed by atoms with van der Waals surface area (Å²) >= 11 is 0. The van der Waals surface area contributed by atoms with Crippen molar-refractivity contribution in [2.24, 2.45) is 17.8 Å². The van der Waals surface area contributed by atoms with Gasteiger partial charge in [0.15, 0.2) is 0 Å². The lowest BCUT2D eigenvalue weighted by molar-refractivity contribution is -0.162. The van der Waals surface area contributed by atoms with E-state index in [1.54, 1.807) is 19.1 Å². The average Bonchev–Trinajstić information content (AvgIpc) is 3.14. The van der Waals surface area contributed by atoms with E-state index in [9.17, 15) is 22.8 Å². The first kappa shape index (κ1) is 26.1. The number of esters is 1. The zero-order valence-electron chi connectivity index (χ0n) is 21.4. The van der Waals surface area contributed by atoms with Gasteiger partial charge in [-0.05, 0) is 22.6 Å². The van der Waals surface area contributed by atoms with E-state index in [4.69, 9.17) is 4.74 Å². The van der Waals surface area contributed by atoms with E-state index in [-0.39, 0.29) is 54.3 Å². The molecule has 1 fully saturated rings. The molecule has 8 nitrogen and oxygen atoms in total. The Morgan fingerprint density at radius 2 is 1.87 bits per heavy atom. The summed E-state index contributed by atoms with van der Waals surface area (Å²) in [5, 5.41) is 1.56. The number of benzene rings is 2. The molecule has 4 atom stereocenters. The van der Waals surface area contributed by atoms with Crippen LogP contribution in [0.15, 0.2) is 77.9 Å². The lowest BCUT2D eigenvalue weighted by Gasteiger charge is -2.47. The second-order valence-corrected chi connectivity index (χ2v) is 12.0. The lowest BCUT2D eigenvalue weighted by Crippen LogP contribution is -2.63. The number of allylic oxidation sites excluding steroid dienone is 1. The molecule has 0 aromatic heterocycles. The van der Waals surface area contributed by atoms with Crippen LogP contribution in [0.25, 0.3) is 10.8 Å². The quantitative estimate of drug-likeness (QED) is 0.277. The molecule has 0 saturated carbocycles. The van der Waals surface area contributed by atoms with Gasteiger partial charge in [0.05, 0.1) is 16.9 Å². The van der Waals surface area contributed by atoms with Gasteiger partial charge in [0.25, 0.3) is 0 Å². The minimum Gasteiger partial charge on any atom is -0.457 e. The van der Waals surface area contributed by atoms with Gasteiger partial charge in [-0.25, -0.2) is 13.2 Å². The summed E-state index contributed by atoms with van der Waals surface area (Å²) in [7, 11) is -3.88. The number of hydrogen-bond acceptors (Lipinski definition) is 6. The van der Waals surface area contributed by atoms with Crippen molar-refractivity contribution in [2.75, 3.05) is 13.2 Å². The van der Waals surface area contributed by atoms with Crippen LogP contribution in [0.3, 0.4) is 0 Å². The van der Waals surface area contributed by atoms with Crippen LogP contribution in [0.2, 0.25) is 0 Å². The molecule has 1 amide bonds. The molecule has 0 spiro atoms. The molecule has 0 aliphatic carbocycles. The van der Waals surface area contributed by atoms with E-state index in [0.29, 0.717) is 11.0 Å². The smallest absolute Gasteiger partial charge is 0.355 e. The van der Waals surface area contributed by atoms with Crippen LogP contribution in [-0.2, 0) is 35.7 Å². The van der Waals surface area contributed by atoms with Crippen LogP contribution in [-0.4, -0.2) is 54.5 Å². The van der Waals surface area contributed by atoms with Gasteiger partial charge in [-0.2, -0.15) is 4.31 Å². The van der Waals surface area contributed by atoms with Crippen molar-refractivity contribution in [1.29, 1.82) is 0 Å². The molecule has 0 radical (unpaired) electrons. The minimum absolute atomic E-state index is 0.0499. The molecule has 3 aliphatic rings. The lowest BCUT2D eigenvalue weighted by atomic mass is 9.72. The molecule has 3 heterocycles. The van der Waals surface area contributed by atoms with E-state index in [0.717, 1.165) is 10.9 Å². The summed E-state index contributed by atoms with van der Waals surface area (Å²) in [6, 6.07) is 10.4. The van der Waals surface area contributed by atoms with Crippen molar-refractivity contribution in [1.82, 2.24) is 9.21 Å². The zero-order chi connectivity index (χ0) is 27.4. The number of hydrogen-bond donors (Lipinski definition) is 0. The van der Waals surface area contributed by atoms with Gasteiger partial charge in [0, 0.05) is 36.7 Å². The van der Waals surface area contributed by atoms with Gasteiger partial charge in [-0.15, -0.1) is 6.58 Å². The van der Waals surface area contributed by atoms with Crippen LogP contribution in [0.5, 0.6) is 0 Å². The Morgan fingerprint density at radius 1 is 1.16 bits per heavy atom. The summed E-state index contributed by atoms with van der Waals surface area (Å²) in [6.45, 7) is 10.8. The predicted octanol–water partition coefficient (Wildman–Crippen LogP) is 3.59. The van der Waals surface area contributed by atoms with Crippen molar-refractivity contribution in [3.8, 4) is 0 Å². The molecule has 0 bridgehead atoms. The van der Waals surface area contributed by atoms with Gasteiger partial charge < -0.3 is 9.64 Å². The Balaban J connectivity index is 1.53. The second-order valence-electron chi connectivity index (χ2n) is 10.1. The Kier molecular flexibility index (Phi) is 6.61. The van der Waals surface area contributed by atoms with Crippen LogP contribution < -0.4 is 0 Å². The average molecular weight is 535 g/mol. The molecule has 2 aromatic rings. The standard InChI is InChI=1S/C29H30N2O6S/c1-5-9-22(32)18(4)24-26-17(3)21(27(31(26)28(24)33)29(34)37-14-6-2)16-30-15-20-12-7-10-19-11-8-13-23(25(19)20)38(30,35)36/h5-8,10-13,17-18,24,26H,1-2,9,14-16H2,3-4H3/t17?,18-,24?,26?/m0/s1. The monoisotopic (exact) mass is 534 g/mol. The molecule has 1 saturated heterocycles. The highest BCUT2D eigenvalue weighted by atomic mass is 32.2. The van der Waals surface area contributed by atoms with Gasteiger partial charge in [0.1, 0.15) is 18.1 Å². The zero-order valence-corrected chi connectivity index (χ0v) is 22.2. The maximum absolute atomic E-state index is 13.7. The number of rotatable bonds is 9. The topological polar surface area (TPSA) is 101 Å². The third-order valence-electron chi connectivity index (χ3n) is 7.98. The number of carbonyl (C=O) groups is 3. The van der Waals surface area contributed by atoms with Crippen molar-refractivity contribution < 1.29 is 27.5 Å². The third kappa shape index (κ3) is 3.84. The van der Waals surface area contributed by atoms with E-state index >= 15 is 0 Å². The van der Waals surface area contributed by atoms with E-state index < -0.39 is 33.9 Å². The Labute approximate surface area is 222 Å². The molecule has 198 valence electrons. The minimum atomic E-state index is -3.88. The van der Waals surface area contributed by atoms with Crippen LogP contribution >= 0.6 is 0 Å². The van der Waals surface area contributed by atoms with Crippen LogP contribution in [0, 0.1) is 17.8 Å². The van der Waals surface area contributed by atoms with Gasteiger partial charge in [0.2, 0.25) is 15.9 Å². The molecule has 3 unspecified atom stereocenters.